The van der Waals surface area contributed by atoms with Crippen LogP contribution < -0.4 is 15.4 Å². The van der Waals surface area contributed by atoms with Crippen LogP contribution in [0.4, 0.5) is 11.4 Å². The highest BCUT2D eigenvalue weighted by atomic mass is 16.5. The summed E-state index contributed by atoms with van der Waals surface area (Å²) in [5.74, 6) is -1.15. The van der Waals surface area contributed by atoms with Crippen molar-refractivity contribution in [1.82, 2.24) is 4.90 Å². The Balaban J connectivity index is 1.33. The lowest BCUT2D eigenvalue weighted by molar-refractivity contribution is 0.0642. The van der Waals surface area contributed by atoms with E-state index in [0.717, 1.165) is 4.90 Å². The van der Waals surface area contributed by atoms with Crippen LogP contribution in [0.15, 0.2) is 89.5 Å². The smallest absolute Gasteiger partial charge is 0.291 e. The molecule has 1 aliphatic heterocycles. The fourth-order valence-corrected chi connectivity index (χ4v) is 4.07. The molecule has 184 valence electrons. The third-order valence-corrected chi connectivity index (χ3v) is 5.85. The van der Waals surface area contributed by atoms with Crippen molar-refractivity contribution in [2.75, 3.05) is 17.7 Å². The Morgan fingerprint density at radius 2 is 1.49 bits per heavy atom. The summed E-state index contributed by atoms with van der Waals surface area (Å²) < 4.78 is 10.5. The van der Waals surface area contributed by atoms with Crippen LogP contribution in [0, 0.1) is 0 Å². The first-order valence-electron chi connectivity index (χ1n) is 11.3. The number of rotatable bonds is 7. The maximum atomic E-state index is 13.2. The molecule has 0 radical (unpaired) electrons. The molecule has 37 heavy (non-hydrogen) atoms. The van der Waals surface area contributed by atoms with E-state index in [0.29, 0.717) is 33.8 Å². The predicted octanol–water partition coefficient (Wildman–Crippen LogP) is 4.59. The maximum Gasteiger partial charge on any atom is 0.291 e. The first-order valence-corrected chi connectivity index (χ1v) is 11.3. The molecule has 5 rings (SSSR count). The van der Waals surface area contributed by atoms with E-state index in [1.807, 2.05) is 0 Å². The molecule has 0 aliphatic carbocycles. The number of nitrogens with one attached hydrogen (secondary N) is 2. The van der Waals surface area contributed by atoms with Gasteiger partial charge in [-0.2, -0.15) is 0 Å². The first kappa shape index (κ1) is 23.6. The lowest BCUT2D eigenvalue weighted by atomic mass is 10.1. The SMILES string of the molecule is COc1ccc(CN2C(=O)c3ccccc3C2=O)cc1C(=O)Nc1cccc(NC(=O)c2ccco2)c1. The number of hydrogen-bond acceptors (Lipinski definition) is 6. The van der Waals surface area contributed by atoms with Gasteiger partial charge < -0.3 is 19.8 Å². The number of ether oxygens (including phenoxy) is 1. The van der Waals surface area contributed by atoms with Crippen LogP contribution in [-0.2, 0) is 6.54 Å². The fourth-order valence-electron chi connectivity index (χ4n) is 4.07. The van der Waals surface area contributed by atoms with Gasteiger partial charge in [0.25, 0.3) is 23.6 Å². The molecule has 3 aromatic carbocycles. The first-order chi connectivity index (χ1) is 17.9. The number of anilines is 2. The number of fused-ring (bicyclic) bond motifs is 1. The minimum Gasteiger partial charge on any atom is -0.496 e. The van der Waals surface area contributed by atoms with Crippen LogP contribution in [0.3, 0.4) is 0 Å². The molecular formula is C28H21N3O6. The molecule has 0 atom stereocenters. The molecule has 9 heteroatoms. The quantitative estimate of drug-likeness (QED) is 0.362. The molecule has 0 fully saturated rings. The molecule has 4 aromatic rings. The van der Waals surface area contributed by atoms with Crippen molar-refractivity contribution in [2.45, 2.75) is 6.54 Å². The summed E-state index contributed by atoms with van der Waals surface area (Å²) in [4.78, 5) is 52.1. The van der Waals surface area contributed by atoms with E-state index in [9.17, 15) is 19.2 Å². The van der Waals surface area contributed by atoms with Gasteiger partial charge in [0.1, 0.15) is 5.75 Å². The summed E-state index contributed by atoms with van der Waals surface area (Å²) >= 11 is 0. The van der Waals surface area contributed by atoms with Crippen LogP contribution in [0.5, 0.6) is 5.75 Å². The van der Waals surface area contributed by atoms with Crippen molar-refractivity contribution in [1.29, 1.82) is 0 Å². The van der Waals surface area contributed by atoms with Crippen LogP contribution in [0.25, 0.3) is 0 Å². The summed E-state index contributed by atoms with van der Waals surface area (Å²) in [5, 5.41) is 5.50. The number of carbonyl (C=O) groups is 4. The largest absolute Gasteiger partial charge is 0.496 e. The number of carbonyl (C=O) groups excluding carboxylic acids is 4. The number of benzene rings is 3. The lowest BCUT2D eigenvalue weighted by Gasteiger charge is -2.16. The van der Waals surface area contributed by atoms with Crippen LogP contribution in [0.1, 0.15) is 47.2 Å². The van der Waals surface area contributed by atoms with Gasteiger partial charge in [0.05, 0.1) is 36.6 Å². The molecule has 4 amide bonds. The van der Waals surface area contributed by atoms with E-state index in [-0.39, 0.29) is 29.7 Å². The lowest BCUT2D eigenvalue weighted by Crippen LogP contribution is -2.29. The zero-order chi connectivity index (χ0) is 25.9. The number of amides is 4. The van der Waals surface area contributed by atoms with E-state index in [2.05, 4.69) is 10.6 Å². The van der Waals surface area contributed by atoms with Crippen molar-refractivity contribution in [2.24, 2.45) is 0 Å². The normalized spacial score (nSPS) is 12.3. The maximum absolute atomic E-state index is 13.2. The summed E-state index contributed by atoms with van der Waals surface area (Å²) in [6.45, 7) is 0.00488. The van der Waals surface area contributed by atoms with Crippen molar-refractivity contribution < 1.29 is 28.3 Å². The Morgan fingerprint density at radius 3 is 2.11 bits per heavy atom. The minimum atomic E-state index is -0.462. The highest BCUT2D eigenvalue weighted by molar-refractivity contribution is 6.21. The Hall–Kier alpha value is -5.18. The molecule has 1 aromatic heterocycles. The van der Waals surface area contributed by atoms with Crippen molar-refractivity contribution in [3.8, 4) is 5.75 Å². The second-order valence-electron chi connectivity index (χ2n) is 8.24. The Kier molecular flexibility index (Phi) is 6.25. The van der Waals surface area contributed by atoms with Gasteiger partial charge >= 0.3 is 0 Å². The summed E-state index contributed by atoms with van der Waals surface area (Å²) in [5.41, 5.74) is 2.43. The number of furan rings is 1. The summed E-state index contributed by atoms with van der Waals surface area (Å²) in [6, 6.07) is 21.4. The summed E-state index contributed by atoms with van der Waals surface area (Å²) in [7, 11) is 1.45. The molecule has 9 nitrogen and oxygen atoms in total. The molecule has 2 N–H and O–H groups in total. The summed E-state index contributed by atoms with van der Waals surface area (Å²) in [6.07, 6.45) is 1.40. The van der Waals surface area contributed by atoms with Gasteiger partial charge in [-0.3, -0.25) is 24.1 Å². The number of imide groups is 1. The highest BCUT2D eigenvalue weighted by Crippen LogP contribution is 2.27. The number of methoxy groups -OCH3 is 1. The van der Waals surface area contributed by atoms with Crippen molar-refractivity contribution in [3.05, 3.63) is 113 Å². The van der Waals surface area contributed by atoms with Gasteiger partial charge in [0.2, 0.25) is 0 Å². The molecule has 0 bridgehead atoms. The molecular weight excluding hydrogens is 474 g/mol. The predicted molar refractivity (Wildman–Crippen MR) is 135 cm³/mol. The molecule has 0 unspecified atom stereocenters. The minimum absolute atomic E-state index is 0.00488. The molecule has 0 saturated carbocycles. The van der Waals surface area contributed by atoms with Crippen LogP contribution in [-0.4, -0.2) is 35.6 Å². The van der Waals surface area contributed by atoms with Crippen LogP contribution >= 0.6 is 0 Å². The van der Waals surface area contributed by atoms with Gasteiger partial charge in [-0.25, -0.2) is 0 Å². The van der Waals surface area contributed by atoms with Gasteiger partial charge in [-0.1, -0.05) is 24.3 Å². The molecule has 1 aliphatic rings. The molecule has 0 spiro atoms. The van der Waals surface area contributed by atoms with Gasteiger partial charge in [-0.05, 0) is 60.2 Å². The van der Waals surface area contributed by atoms with Crippen LogP contribution in [0.2, 0.25) is 0 Å². The third-order valence-electron chi connectivity index (χ3n) is 5.85. The van der Waals surface area contributed by atoms with Crippen molar-refractivity contribution in [3.63, 3.8) is 0 Å². The highest BCUT2D eigenvalue weighted by Gasteiger charge is 2.35. The standard InChI is InChI=1S/C28H21N3O6/c1-36-23-12-11-17(16-31-27(34)20-8-2-3-9-21(20)28(31)35)14-22(23)25(32)29-18-6-4-7-19(15-18)30-26(33)24-10-5-13-37-24/h2-15H,16H2,1H3,(H,29,32)(H,30,33). The zero-order valence-electron chi connectivity index (χ0n) is 19.7. The van der Waals surface area contributed by atoms with E-state index in [1.54, 1.807) is 78.9 Å². The Bertz CT molecular complexity index is 1490. The Labute approximate surface area is 211 Å². The molecule has 0 saturated heterocycles. The topological polar surface area (TPSA) is 118 Å². The average Bonchev–Trinajstić information content (AvgIpc) is 3.53. The fraction of sp³-hybridized carbons (Fsp3) is 0.0714. The second-order valence-corrected chi connectivity index (χ2v) is 8.24. The van der Waals surface area contributed by atoms with E-state index in [4.69, 9.17) is 9.15 Å². The number of hydrogen-bond donors (Lipinski definition) is 2. The van der Waals surface area contributed by atoms with E-state index < -0.39 is 11.8 Å². The molecule has 2 heterocycles. The Morgan fingerprint density at radius 1 is 0.811 bits per heavy atom. The third kappa shape index (κ3) is 4.70. The van der Waals surface area contributed by atoms with E-state index in [1.165, 1.54) is 13.4 Å². The average molecular weight is 495 g/mol. The van der Waals surface area contributed by atoms with Gasteiger partial charge in [0.15, 0.2) is 5.76 Å². The van der Waals surface area contributed by atoms with Crippen molar-refractivity contribution >= 4 is 35.0 Å². The zero-order valence-corrected chi connectivity index (χ0v) is 19.7. The second kappa shape index (κ2) is 9.82. The van der Waals surface area contributed by atoms with E-state index >= 15 is 0 Å². The van der Waals surface area contributed by atoms with Gasteiger partial charge in [-0.15, -0.1) is 0 Å². The van der Waals surface area contributed by atoms with Gasteiger partial charge in [0, 0.05) is 11.4 Å². The number of nitrogens with zero attached hydrogens (tertiary/aromatic N) is 1. The monoisotopic (exact) mass is 495 g/mol.